The minimum atomic E-state index is 0.228. The van der Waals surface area contributed by atoms with E-state index >= 15 is 0 Å². The smallest absolute Gasteiger partial charge is 0.111 e. The first-order chi connectivity index (χ1) is 9.63. The standard InChI is InChI=1S/C15H17N3S2/c1-9-8-19-14(16-9)10(2)17-11(3)15-18-12-6-4-5-7-13(12)20-15/h4-8,10-11,17H,1-3H3. The van der Waals surface area contributed by atoms with Gasteiger partial charge in [0.05, 0.1) is 22.3 Å². The van der Waals surface area contributed by atoms with Crippen molar-refractivity contribution in [2.45, 2.75) is 32.9 Å². The Hall–Kier alpha value is -1.30. The van der Waals surface area contributed by atoms with E-state index in [1.807, 2.05) is 13.0 Å². The van der Waals surface area contributed by atoms with Crippen LogP contribution in [0.1, 0.15) is 41.6 Å². The van der Waals surface area contributed by atoms with Gasteiger partial charge in [0.2, 0.25) is 0 Å². The van der Waals surface area contributed by atoms with Gasteiger partial charge in [-0.1, -0.05) is 12.1 Å². The lowest BCUT2D eigenvalue weighted by atomic mass is 10.2. The van der Waals surface area contributed by atoms with Crippen LogP contribution in [-0.4, -0.2) is 9.97 Å². The van der Waals surface area contributed by atoms with Gasteiger partial charge in [0.25, 0.3) is 0 Å². The van der Waals surface area contributed by atoms with E-state index in [0.29, 0.717) is 0 Å². The number of nitrogens with one attached hydrogen (secondary N) is 1. The molecule has 1 N–H and O–H groups in total. The fraction of sp³-hybridized carbons (Fsp3) is 0.333. The summed E-state index contributed by atoms with van der Waals surface area (Å²) in [6, 6.07) is 8.75. The monoisotopic (exact) mass is 303 g/mol. The van der Waals surface area contributed by atoms with Crippen LogP contribution in [0.3, 0.4) is 0 Å². The van der Waals surface area contributed by atoms with Crippen molar-refractivity contribution in [2.24, 2.45) is 0 Å². The van der Waals surface area contributed by atoms with Crippen LogP contribution in [0.15, 0.2) is 29.6 Å². The fourth-order valence-corrected chi connectivity index (χ4v) is 3.96. The molecule has 0 aliphatic heterocycles. The van der Waals surface area contributed by atoms with Gasteiger partial charge in [0.1, 0.15) is 10.0 Å². The van der Waals surface area contributed by atoms with Crippen molar-refractivity contribution in [1.82, 2.24) is 15.3 Å². The SMILES string of the molecule is Cc1csc(C(C)NC(C)c2nc3ccccc3s2)n1. The van der Waals surface area contributed by atoms with E-state index in [1.165, 1.54) is 4.70 Å². The topological polar surface area (TPSA) is 37.8 Å². The molecule has 0 aliphatic rings. The Balaban J connectivity index is 1.76. The zero-order valence-corrected chi connectivity index (χ0v) is 13.4. The largest absolute Gasteiger partial charge is 0.299 e. The van der Waals surface area contributed by atoms with Gasteiger partial charge in [0.15, 0.2) is 0 Å². The summed E-state index contributed by atoms with van der Waals surface area (Å²) in [5, 5.41) is 7.94. The van der Waals surface area contributed by atoms with E-state index in [4.69, 9.17) is 4.98 Å². The second-order valence-corrected chi connectivity index (χ2v) is 6.91. The number of thiazole rings is 2. The van der Waals surface area contributed by atoms with Gasteiger partial charge in [-0.3, -0.25) is 5.32 Å². The Kier molecular flexibility index (Phi) is 3.83. The van der Waals surface area contributed by atoms with Crippen molar-refractivity contribution in [3.63, 3.8) is 0 Å². The van der Waals surface area contributed by atoms with Crippen molar-refractivity contribution >= 4 is 32.9 Å². The summed E-state index contributed by atoms with van der Waals surface area (Å²) in [6.07, 6.45) is 0. The van der Waals surface area contributed by atoms with Crippen LogP contribution in [-0.2, 0) is 0 Å². The molecule has 0 aliphatic carbocycles. The quantitative estimate of drug-likeness (QED) is 0.772. The van der Waals surface area contributed by atoms with Crippen LogP contribution in [0, 0.1) is 6.92 Å². The van der Waals surface area contributed by atoms with E-state index in [9.17, 15) is 0 Å². The molecule has 5 heteroatoms. The number of para-hydroxylation sites is 1. The molecule has 0 bridgehead atoms. The van der Waals surface area contributed by atoms with Gasteiger partial charge in [-0.2, -0.15) is 0 Å². The molecule has 3 aromatic rings. The number of aromatic nitrogens is 2. The number of hydrogen-bond donors (Lipinski definition) is 1. The Labute approximate surface area is 126 Å². The summed E-state index contributed by atoms with van der Waals surface area (Å²) < 4.78 is 1.24. The maximum absolute atomic E-state index is 4.70. The number of fused-ring (bicyclic) bond motifs is 1. The third-order valence-corrected chi connectivity index (χ3v) is 5.55. The molecule has 20 heavy (non-hydrogen) atoms. The Morgan fingerprint density at radius 2 is 1.80 bits per heavy atom. The predicted molar refractivity (Wildman–Crippen MR) is 86.4 cm³/mol. The Morgan fingerprint density at radius 3 is 2.50 bits per heavy atom. The zero-order valence-electron chi connectivity index (χ0n) is 11.8. The van der Waals surface area contributed by atoms with Gasteiger partial charge < -0.3 is 0 Å². The second-order valence-electron chi connectivity index (χ2n) is 4.96. The summed E-state index contributed by atoms with van der Waals surface area (Å²) in [5.41, 5.74) is 2.17. The molecule has 0 spiro atoms. The van der Waals surface area contributed by atoms with E-state index in [1.54, 1.807) is 22.7 Å². The predicted octanol–water partition coefficient (Wildman–Crippen LogP) is 4.47. The Bertz CT molecular complexity index is 684. The van der Waals surface area contributed by atoms with E-state index in [2.05, 4.69) is 47.7 Å². The molecule has 104 valence electrons. The Morgan fingerprint density at radius 1 is 1.05 bits per heavy atom. The van der Waals surface area contributed by atoms with Crippen molar-refractivity contribution in [2.75, 3.05) is 0 Å². The number of rotatable bonds is 4. The molecular formula is C15H17N3S2. The van der Waals surface area contributed by atoms with Crippen molar-refractivity contribution in [3.05, 3.63) is 45.4 Å². The lowest BCUT2D eigenvalue weighted by Gasteiger charge is -2.16. The average molecular weight is 303 g/mol. The second kappa shape index (κ2) is 5.60. The summed E-state index contributed by atoms with van der Waals surface area (Å²) in [7, 11) is 0. The lowest BCUT2D eigenvalue weighted by molar-refractivity contribution is 0.491. The molecule has 0 radical (unpaired) electrons. The highest BCUT2D eigenvalue weighted by Crippen LogP contribution is 2.28. The zero-order chi connectivity index (χ0) is 14.1. The summed E-state index contributed by atoms with van der Waals surface area (Å²) in [5.74, 6) is 0. The van der Waals surface area contributed by atoms with Crippen LogP contribution >= 0.6 is 22.7 Å². The minimum absolute atomic E-state index is 0.228. The van der Waals surface area contributed by atoms with Gasteiger partial charge in [-0.25, -0.2) is 9.97 Å². The normalized spacial score (nSPS) is 14.6. The number of nitrogens with zero attached hydrogens (tertiary/aromatic N) is 2. The molecule has 1 aromatic carbocycles. The molecule has 3 nitrogen and oxygen atoms in total. The summed E-state index contributed by atoms with van der Waals surface area (Å²) >= 11 is 3.47. The van der Waals surface area contributed by atoms with E-state index in [-0.39, 0.29) is 12.1 Å². The van der Waals surface area contributed by atoms with Crippen molar-refractivity contribution in [3.8, 4) is 0 Å². The van der Waals surface area contributed by atoms with Crippen molar-refractivity contribution < 1.29 is 0 Å². The van der Waals surface area contributed by atoms with Gasteiger partial charge >= 0.3 is 0 Å². The molecule has 0 fully saturated rings. The first kappa shape index (κ1) is 13.7. The molecule has 2 aromatic heterocycles. The van der Waals surface area contributed by atoms with Gasteiger partial charge in [-0.15, -0.1) is 22.7 Å². The maximum Gasteiger partial charge on any atom is 0.111 e. The first-order valence-corrected chi connectivity index (χ1v) is 8.36. The fourth-order valence-electron chi connectivity index (χ4n) is 2.16. The molecule has 2 heterocycles. The first-order valence-electron chi connectivity index (χ1n) is 6.67. The van der Waals surface area contributed by atoms with Crippen LogP contribution in [0.4, 0.5) is 0 Å². The summed E-state index contributed by atoms with van der Waals surface area (Å²) in [4.78, 5) is 9.24. The van der Waals surface area contributed by atoms with E-state index in [0.717, 1.165) is 21.2 Å². The van der Waals surface area contributed by atoms with Gasteiger partial charge in [-0.05, 0) is 32.9 Å². The highest BCUT2D eigenvalue weighted by molar-refractivity contribution is 7.18. The third-order valence-electron chi connectivity index (χ3n) is 3.19. The van der Waals surface area contributed by atoms with Crippen LogP contribution in [0.25, 0.3) is 10.2 Å². The number of benzene rings is 1. The van der Waals surface area contributed by atoms with Crippen LogP contribution in [0.5, 0.6) is 0 Å². The molecule has 0 saturated heterocycles. The molecule has 2 unspecified atom stereocenters. The molecule has 0 amide bonds. The molecule has 3 rings (SSSR count). The minimum Gasteiger partial charge on any atom is -0.299 e. The highest BCUT2D eigenvalue weighted by Gasteiger charge is 2.16. The van der Waals surface area contributed by atoms with Crippen LogP contribution < -0.4 is 5.32 Å². The highest BCUT2D eigenvalue weighted by atomic mass is 32.1. The molecule has 2 atom stereocenters. The lowest BCUT2D eigenvalue weighted by Crippen LogP contribution is -2.22. The van der Waals surface area contributed by atoms with E-state index < -0.39 is 0 Å². The van der Waals surface area contributed by atoms with Crippen LogP contribution in [0.2, 0.25) is 0 Å². The molecular weight excluding hydrogens is 286 g/mol. The maximum atomic E-state index is 4.70. The number of aryl methyl sites for hydroxylation is 1. The van der Waals surface area contributed by atoms with Gasteiger partial charge in [0, 0.05) is 11.1 Å². The third kappa shape index (κ3) is 2.75. The molecule has 0 saturated carbocycles. The van der Waals surface area contributed by atoms with Crippen molar-refractivity contribution in [1.29, 1.82) is 0 Å². The average Bonchev–Trinajstić information content (AvgIpc) is 3.04. The summed E-state index contributed by atoms with van der Waals surface area (Å²) in [6.45, 7) is 6.35. The number of hydrogen-bond acceptors (Lipinski definition) is 5.